The molecule has 34 heavy (non-hydrogen) atoms. The van der Waals surface area contributed by atoms with Crippen molar-refractivity contribution < 1.29 is 14.3 Å². The van der Waals surface area contributed by atoms with Gasteiger partial charge in [-0.1, -0.05) is 30.7 Å². The summed E-state index contributed by atoms with van der Waals surface area (Å²) in [7, 11) is 1.97. The summed E-state index contributed by atoms with van der Waals surface area (Å²) in [5.74, 6) is -0.219. The lowest BCUT2D eigenvalue weighted by Gasteiger charge is -2.31. The van der Waals surface area contributed by atoms with Gasteiger partial charge in [0.05, 0.1) is 30.7 Å². The molecule has 3 heterocycles. The van der Waals surface area contributed by atoms with Crippen molar-refractivity contribution in [1.29, 1.82) is 0 Å². The highest BCUT2D eigenvalue weighted by Crippen LogP contribution is 2.33. The Labute approximate surface area is 205 Å². The monoisotopic (exact) mass is 485 g/mol. The number of nitrogens with zero attached hydrogens (tertiary/aromatic N) is 5. The minimum Gasteiger partial charge on any atom is -0.379 e. The molecule has 1 fully saturated rings. The van der Waals surface area contributed by atoms with Crippen LogP contribution in [0, 0.1) is 0 Å². The van der Waals surface area contributed by atoms with Crippen LogP contribution in [0.25, 0.3) is 0 Å². The van der Waals surface area contributed by atoms with E-state index in [1.807, 2.05) is 61.1 Å². The number of hydrazone groups is 1. The summed E-state index contributed by atoms with van der Waals surface area (Å²) in [6.45, 7) is 6.15. The summed E-state index contributed by atoms with van der Waals surface area (Å²) in [6, 6.07) is 11.2. The number of hydrogen-bond donors (Lipinski definition) is 0. The van der Waals surface area contributed by atoms with Gasteiger partial charge in [-0.3, -0.25) is 14.5 Å². The molecule has 182 valence electrons. The largest absolute Gasteiger partial charge is 0.379 e. The number of halogens is 1. The molecule has 2 aliphatic heterocycles. The Balaban J connectivity index is 1.53. The molecule has 0 saturated carbocycles. The quantitative estimate of drug-likeness (QED) is 0.576. The third-order valence-electron chi connectivity index (χ3n) is 6.43. The fourth-order valence-electron chi connectivity index (χ4n) is 4.44. The molecule has 0 N–H and O–H groups in total. The number of aromatic nitrogens is 1. The highest BCUT2D eigenvalue weighted by atomic mass is 35.5. The number of rotatable bonds is 8. The first-order chi connectivity index (χ1) is 16.5. The molecular formula is C25H32ClN5O3. The Bertz CT molecular complexity index is 1030. The number of aryl methyl sites for hydroxylation is 1. The van der Waals surface area contributed by atoms with Gasteiger partial charge in [-0.25, -0.2) is 5.01 Å². The molecule has 8 nitrogen and oxygen atoms in total. The van der Waals surface area contributed by atoms with Crippen molar-refractivity contribution in [1.82, 2.24) is 19.4 Å². The highest BCUT2D eigenvalue weighted by Gasteiger charge is 2.35. The van der Waals surface area contributed by atoms with Crippen LogP contribution < -0.4 is 0 Å². The minimum absolute atomic E-state index is 0.00498. The lowest BCUT2D eigenvalue weighted by atomic mass is 10.0. The number of carbonyl (C=O) groups excluding carboxylic acids is 2. The first-order valence-electron chi connectivity index (χ1n) is 11.8. The number of carbonyl (C=O) groups is 2. The molecule has 9 heteroatoms. The first-order valence-corrected chi connectivity index (χ1v) is 12.2. The van der Waals surface area contributed by atoms with Crippen LogP contribution in [-0.2, 0) is 21.4 Å². The van der Waals surface area contributed by atoms with E-state index in [2.05, 4.69) is 4.90 Å². The number of hydrogen-bond acceptors (Lipinski definition) is 5. The molecule has 2 aromatic rings. The van der Waals surface area contributed by atoms with Crippen LogP contribution in [0.3, 0.4) is 0 Å². The van der Waals surface area contributed by atoms with Gasteiger partial charge in [0, 0.05) is 57.3 Å². The summed E-state index contributed by atoms with van der Waals surface area (Å²) in [6.07, 6.45) is 2.92. The lowest BCUT2D eigenvalue weighted by molar-refractivity contribution is -0.141. The van der Waals surface area contributed by atoms with E-state index in [-0.39, 0.29) is 24.4 Å². The van der Waals surface area contributed by atoms with E-state index in [0.717, 1.165) is 36.6 Å². The van der Waals surface area contributed by atoms with Gasteiger partial charge >= 0.3 is 0 Å². The molecule has 1 saturated heterocycles. The number of ether oxygens (including phenoxy) is 1. The van der Waals surface area contributed by atoms with E-state index >= 15 is 0 Å². The second-order valence-electron chi connectivity index (χ2n) is 8.68. The van der Waals surface area contributed by atoms with Crippen LogP contribution in [0.2, 0.25) is 5.02 Å². The SMILES string of the molecule is CCC(=O)N(CCN1CCOCC1)CC(=O)N1N=C(c2cccn2C)CC1c1ccc(Cl)cc1. The van der Waals surface area contributed by atoms with Crippen LogP contribution in [0.4, 0.5) is 0 Å². The van der Waals surface area contributed by atoms with Gasteiger partial charge in [-0.05, 0) is 29.8 Å². The fraction of sp³-hybridized carbons (Fsp3) is 0.480. The van der Waals surface area contributed by atoms with Gasteiger partial charge in [0.15, 0.2) is 0 Å². The topological polar surface area (TPSA) is 70.4 Å². The molecule has 0 bridgehead atoms. The molecule has 0 aliphatic carbocycles. The standard InChI is InChI=1S/C25H32ClN5O3/c1-3-24(32)30(12-11-29-13-15-34-16-14-29)18-25(33)31-23(19-6-8-20(26)9-7-19)17-21(27-31)22-5-4-10-28(22)2/h4-10,23H,3,11-18H2,1-2H3. The predicted molar refractivity (Wildman–Crippen MR) is 132 cm³/mol. The van der Waals surface area contributed by atoms with Crippen molar-refractivity contribution in [2.45, 2.75) is 25.8 Å². The van der Waals surface area contributed by atoms with E-state index in [4.69, 9.17) is 21.4 Å². The van der Waals surface area contributed by atoms with Crippen molar-refractivity contribution in [2.75, 3.05) is 45.9 Å². The maximum Gasteiger partial charge on any atom is 0.262 e. The molecule has 1 aromatic carbocycles. The van der Waals surface area contributed by atoms with Gasteiger partial charge in [0.25, 0.3) is 5.91 Å². The van der Waals surface area contributed by atoms with Gasteiger partial charge in [0.1, 0.15) is 6.54 Å². The average molecular weight is 486 g/mol. The average Bonchev–Trinajstić information content (AvgIpc) is 3.48. The predicted octanol–water partition coefficient (Wildman–Crippen LogP) is 2.93. The maximum atomic E-state index is 13.5. The number of benzene rings is 1. The lowest BCUT2D eigenvalue weighted by Crippen LogP contribution is -2.46. The normalized spacial score (nSPS) is 18.7. The maximum absolute atomic E-state index is 13.5. The Morgan fingerprint density at radius 3 is 2.56 bits per heavy atom. The summed E-state index contributed by atoms with van der Waals surface area (Å²) in [5, 5.41) is 6.94. The molecule has 1 unspecified atom stereocenters. The Kier molecular flexibility index (Phi) is 8.03. The Morgan fingerprint density at radius 2 is 1.91 bits per heavy atom. The van der Waals surface area contributed by atoms with Crippen LogP contribution in [-0.4, -0.2) is 82.8 Å². The van der Waals surface area contributed by atoms with E-state index in [9.17, 15) is 9.59 Å². The molecule has 0 spiro atoms. The number of amides is 2. The van der Waals surface area contributed by atoms with Crippen LogP contribution in [0.5, 0.6) is 0 Å². The van der Waals surface area contributed by atoms with Crippen molar-refractivity contribution in [3.63, 3.8) is 0 Å². The second kappa shape index (κ2) is 11.2. The third-order valence-corrected chi connectivity index (χ3v) is 6.68. The van der Waals surface area contributed by atoms with Crippen LogP contribution in [0.15, 0.2) is 47.7 Å². The molecular weight excluding hydrogens is 454 g/mol. The molecule has 0 radical (unpaired) electrons. The van der Waals surface area contributed by atoms with Crippen LogP contribution >= 0.6 is 11.6 Å². The fourth-order valence-corrected chi connectivity index (χ4v) is 4.56. The summed E-state index contributed by atoms with van der Waals surface area (Å²) >= 11 is 6.10. The van der Waals surface area contributed by atoms with Crippen LogP contribution in [0.1, 0.15) is 37.1 Å². The van der Waals surface area contributed by atoms with E-state index in [1.165, 1.54) is 0 Å². The molecule has 1 aromatic heterocycles. The van der Waals surface area contributed by atoms with Crippen molar-refractivity contribution in [3.05, 3.63) is 58.9 Å². The smallest absolute Gasteiger partial charge is 0.262 e. The van der Waals surface area contributed by atoms with Gasteiger partial charge in [-0.15, -0.1) is 0 Å². The van der Waals surface area contributed by atoms with Gasteiger partial charge in [-0.2, -0.15) is 5.10 Å². The zero-order valence-electron chi connectivity index (χ0n) is 19.8. The van der Waals surface area contributed by atoms with E-state index in [1.54, 1.807) is 9.91 Å². The van der Waals surface area contributed by atoms with Crippen molar-refractivity contribution >= 4 is 29.1 Å². The zero-order valence-corrected chi connectivity index (χ0v) is 20.6. The van der Waals surface area contributed by atoms with E-state index in [0.29, 0.717) is 37.6 Å². The summed E-state index contributed by atoms with van der Waals surface area (Å²) < 4.78 is 7.41. The Hall–Kier alpha value is -2.68. The highest BCUT2D eigenvalue weighted by molar-refractivity contribution is 6.30. The first kappa shape index (κ1) is 24.4. The minimum atomic E-state index is -0.243. The molecule has 2 amide bonds. The number of morpholine rings is 1. The van der Waals surface area contributed by atoms with Gasteiger partial charge in [0.2, 0.25) is 5.91 Å². The third kappa shape index (κ3) is 5.68. The Morgan fingerprint density at radius 1 is 1.18 bits per heavy atom. The summed E-state index contributed by atoms with van der Waals surface area (Å²) in [4.78, 5) is 30.1. The van der Waals surface area contributed by atoms with Crippen molar-refractivity contribution in [3.8, 4) is 0 Å². The molecule has 2 aliphatic rings. The van der Waals surface area contributed by atoms with Crippen molar-refractivity contribution in [2.24, 2.45) is 12.1 Å². The summed E-state index contributed by atoms with van der Waals surface area (Å²) in [5.41, 5.74) is 2.79. The van der Waals surface area contributed by atoms with Gasteiger partial charge < -0.3 is 14.2 Å². The second-order valence-corrected chi connectivity index (χ2v) is 9.12. The molecule has 4 rings (SSSR count). The van der Waals surface area contributed by atoms with E-state index < -0.39 is 0 Å². The zero-order chi connectivity index (χ0) is 24.1. The molecule has 1 atom stereocenters.